The molecule has 2 aromatic heterocycles. The second-order valence-corrected chi connectivity index (χ2v) is 10.3. The predicted molar refractivity (Wildman–Crippen MR) is 153 cm³/mol. The molecular formula is C33H29N3O4. The van der Waals surface area contributed by atoms with Gasteiger partial charge in [-0.25, -0.2) is 14.6 Å². The van der Waals surface area contributed by atoms with E-state index in [0.29, 0.717) is 17.0 Å². The molecule has 7 nitrogen and oxygen atoms in total. The number of aryl methyl sites for hydroxylation is 2. The molecule has 7 heteroatoms. The summed E-state index contributed by atoms with van der Waals surface area (Å²) >= 11 is 0. The standard InChI is InChI=1S/C33H29N3O4/c1-20-11-14-22(15-12-20)31-29(36-18-21(2)13-16-30(36)35-31)17-28(32(37)38)34-33(39)40-19-27-25-9-5-3-7-23(25)24-8-4-6-10-26(24)27/h3-16,18,27-28H,17,19H2,1-2H3,(H,34,39)(H,37,38). The summed E-state index contributed by atoms with van der Waals surface area (Å²) < 4.78 is 7.54. The van der Waals surface area contributed by atoms with Crippen LogP contribution in [0, 0.1) is 13.8 Å². The van der Waals surface area contributed by atoms with E-state index in [1.165, 1.54) is 0 Å². The zero-order valence-electron chi connectivity index (χ0n) is 22.3. The van der Waals surface area contributed by atoms with E-state index in [-0.39, 0.29) is 18.9 Å². The van der Waals surface area contributed by atoms with Crippen LogP contribution in [0.2, 0.25) is 0 Å². The van der Waals surface area contributed by atoms with E-state index in [2.05, 4.69) is 17.4 Å². The number of carbonyl (C=O) groups excluding carboxylic acids is 1. The first-order valence-corrected chi connectivity index (χ1v) is 13.3. The minimum Gasteiger partial charge on any atom is -0.480 e. The number of imidazole rings is 1. The van der Waals surface area contributed by atoms with Crippen LogP contribution in [0.5, 0.6) is 0 Å². The van der Waals surface area contributed by atoms with E-state index in [9.17, 15) is 14.7 Å². The molecule has 0 saturated carbocycles. The monoisotopic (exact) mass is 531 g/mol. The molecular weight excluding hydrogens is 502 g/mol. The van der Waals surface area contributed by atoms with Crippen LogP contribution in [0.3, 0.4) is 0 Å². The lowest BCUT2D eigenvalue weighted by atomic mass is 9.98. The summed E-state index contributed by atoms with van der Waals surface area (Å²) in [6.45, 7) is 4.09. The number of alkyl carbamates (subject to hydrolysis) is 1. The van der Waals surface area contributed by atoms with Gasteiger partial charge >= 0.3 is 12.1 Å². The lowest BCUT2D eigenvalue weighted by molar-refractivity contribution is -0.139. The second-order valence-electron chi connectivity index (χ2n) is 10.3. The quantitative estimate of drug-likeness (QED) is 0.263. The highest BCUT2D eigenvalue weighted by Gasteiger charge is 2.30. The number of hydrogen-bond donors (Lipinski definition) is 2. The molecule has 0 aliphatic heterocycles. The number of amides is 1. The highest BCUT2D eigenvalue weighted by Crippen LogP contribution is 2.44. The fourth-order valence-electron chi connectivity index (χ4n) is 5.51. The maximum absolute atomic E-state index is 13.0. The number of carboxylic acids is 1. The Kier molecular flexibility index (Phi) is 6.56. The van der Waals surface area contributed by atoms with Crippen molar-refractivity contribution in [1.29, 1.82) is 0 Å². The first kappa shape index (κ1) is 25.4. The highest BCUT2D eigenvalue weighted by molar-refractivity contribution is 5.82. The van der Waals surface area contributed by atoms with Crippen LogP contribution in [0.25, 0.3) is 28.0 Å². The minimum atomic E-state index is -1.21. The first-order chi connectivity index (χ1) is 19.4. The Morgan fingerprint density at radius 2 is 1.52 bits per heavy atom. The van der Waals surface area contributed by atoms with Crippen LogP contribution in [-0.4, -0.2) is 39.2 Å². The van der Waals surface area contributed by atoms with E-state index in [1.54, 1.807) is 0 Å². The molecule has 6 rings (SSSR count). The molecule has 3 aromatic carbocycles. The smallest absolute Gasteiger partial charge is 0.407 e. The predicted octanol–water partition coefficient (Wildman–Crippen LogP) is 6.15. The van der Waals surface area contributed by atoms with Gasteiger partial charge in [-0.05, 0) is 47.7 Å². The van der Waals surface area contributed by atoms with Crippen molar-refractivity contribution in [2.24, 2.45) is 0 Å². The van der Waals surface area contributed by atoms with Crippen LogP contribution in [-0.2, 0) is 16.0 Å². The van der Waals surface area contributed by atoms with Gasteiger partial charge in [-0.2, -0.15) is 0 Å². The fourth-order valence-corrected chi connectivity index (χ4v) is 5.51. The SMILES string of the molecule is Cc1ccc(-c2nc3ccc(C)cn3c2CC(NC(=O)OCC2c3ccccc3-c3ccccc32)C(=O)O)cc1. The molecule has 40 heavy (non-hydrogen) atoms. The fraction of sp³-hybridized carbons (Fsp3) is 0.182. The molecule has 0 spiro atoms. The maximum Gasteiger partial charge on any atom is 0.407 e. The Morgan fingerprint density at radius 3 is 2.17 bits per heavy atom. The average Bonchev–Trinajstić information content (AvgIpc) is 3.47. The zero-order chi connectivity index (χ0) is 27.8. The van der Waals surface area contributed by atoms with Gasteiger partial charge in [0.05, 0.1) is 11.4 Å². The number of nitrogens with one attached hydrogen (secondary N) is 1. The van der Waals surface area contributed by atoms with Gasteiger partial charge in [-0.3, -0.25) is 0 Å². The molecule has 5 aromatic rings. The van der Waals surface area contributed by atoms with E-state index < -0.39 is 18.1 Å². The number of rotatable bonds is 7. The summed E-state index contributed by atoms with van der Waals surface area (Å²) in [7, 11) is 0. The third-order valence-electron chi connectivity index (χ3n) is 7.52. The van der Waals surface area contributed by atoms with Crippen LogP contribution >= 0.6 is 0 Å². The van der Waals surface area contributed by atoms with Crippen molar-refractivity contribution in [3.05, 3.63) is 119 Å². The molecule has 2 heterocycles. The summed E-state index contributed by atoms with van der Waals surface area (Å²) in [5.74, 6) is -1.26. The number of carboxylic acid groups (broad SMARTS) is 1. The summed E-state index contributed by atoms with van der Waals surface area (Å²) in [5.41, 5.74) is 9.55. The minimum absolute atomic E-state index is 0.0351. The lowest BCUT2D eigenvalue weighted by Gasteiger charge is -2.18. The molecule has 1 atom stereocenters. The first-order valence-electron chi connectivity index (χ1n) is 13.3. The van der Waals surface area contributed by atoms with Gasteiger partial charge in [-0.1, -0.05) is 84.4 Å². The number of hydrogen-bond acceptors (Lipinski definition) is 4. The van der Waals surface area contributed by atoms with Crippen LogP contribution in [0.15, 0.2) is 91.1 Å². The highest BCUT2D eigenvalue weighted by atomic mass is 16.5. The van der Waals surface area contributed by atoms with Gasteiger partial charge in [0.1, 0.15) is 18.3 Å². The number of aliphatic carboxylic acids is 1. The third kappa shape index (κ3) is 4.71. The van der Waals surface area contributed by atoms with Crippen molar-refractivity contribution in [3.8, 4) is 22.4 Å². The van der Waals surface area contributed by atoms with Gasteiger partial charge in [0.15, 0.2) is 0 Å². The normalized spacial score (nSPS) is 13.1. The molecule has 0 saturated heterocycles. The number of carbonyl (C=O) groups is 2. The van der Waals surface area contributed by atoms with Gasteiger partial charge in [0, 0.05) is 24.1 Å². The maximum atomic E-state index is 13.0. The van der Waals surface area contributed by atoms with Crippen molar-refractivity contribution in [2.45, 2.75) is 32.2 Å². The second kappa shape index (κ2) is 10.3. The van der Waals surface area contributed by atoms with E-state index in [4.69, 9.17) is 9.72 Å². The van der Waals surface area contributed by atoms with Gasteiger partial charge < -0.3 is 19.6 Å². The number of pyridine rings is 1. The summed E-state index contributed by atoms with van der Waals surface area (Å²) in [5, 5.41) is 12.7. The summed E-state index contributed by atoms with van der Waals surface area (Å²) in [4.78, 5) is 30.1. The van der Waals surface area contributed by atoms with Crippen molar-refractivity contribution in [1.82, 2.24) is 14.7 Å². The van der Waals surface area contributed by atoms with Gasteiger partial charge in [0.25, 0.3) is 0 Å². The van der Waals surface area contributed by atoms with Gasteiger partial charge in [-0.15, -0.1) is 0 Å². The Bertz CT molecular complexity index is 1690. The summed E-state index contributed by atoms with van der Waals surface area (Å²) in [6, 6.07) is 26.8. The van der Waals surface area contributed by atoms with Crippen LogP contribution < -0.4 is 5.32 Å². The lowest BCUT2D eigenvalue weighted by Crippen LogP contribution is -2.43. The van der Waals surface area contributed by atoms with Crippen LogP contribution in [0.4, 0.5) is 4.79 Å². The zero-order valence-corrected chi connectivity index (χ0v) is 22.3. The van der Waals surface area contributed by atoms with E-state index in [1.807, 2.05) is 97.2 Å². The molecule has 1 aliphatic rings. The molecule has 1 aliphatic carbocycles. The topological polar surface area (TPSA) is 92.9 Å². The summed E-state index contributed by atoms with van der Waals surface area (Å²) in [6.07, 6.45) is 1.20. The molecule has 0 bridgehead atoms. The van der Waals surface area contributed by atoms with E-state index >= 15 is 0 Å². The molecule has 2 N–H and O–H groups in total. The molecule has 200 valence electrons. The van der Waals surface area contributed by atoms with Crippen molar-refractivity contribution >= 4 is 17.7 Å². The Balaban J connectivity index is 1.24. The molecule has 1 unspecified atom stereocenters. The third-order valence-corrected chi connectivity index (χ3v) is 7.52. The molecule has 0 fully saturated rings. The number of ether oxygens (including phenoxy) is 1. The van der Waals surface area contributed by atoms with Crippen molar-refractivity contribution in [2.75, 3.05) is 6.61 Å². The number of aromatic nitrogens is 2. The molecule has 1 amide bonds. The Labute approximate surface area is 232 Å². The Morgan fingerprint density at radius 1 is 0.900 bits per heavy atom. The number of fused-ring (bicyclic) bond motifs is 4. The van der Waals surface area contributed by atoms with Gasteiger partial charge in [0.2, 0.25) is 0 Å². The van der Waals surface area contributed by atoms with Crippen molar-refractivity contribution in [3.63, 3.8) is 0 Å². The molecule has 0 radical (unpaired) electrons. The largest absolute Gasteiger partial charge is 0.480 e. The number of nitrogens with zero attached hydrogens (tertiary/aromatic N) is 2. The van der Waals surface area contributed by atoms with Crippen molar-refractivity contribution < 1.29 is 19.4 Å². The Hall–Kier alpha value is -4.91. The number of benzene rings is 3. The average molecular weight is 532 g/mol. The van der Waals surface area contributed by atoms with E-state index in [0.717, 1.165) is 38.9 Å². The van der Waals surface area contributed by atoms with Crippen LogP contribution in [0.1, 0.15) is 33.9 Å².